The maximum atomic E-state index is 12.4. The Morgan fingerprint density at radius 3 is 2.40 bits per heavy atom. The summed E-state index contributed by atoms with van der Waals surface area (Å²) in [4.78, 5) is 18.3. The number of amides is 1. The van der Waals surface area contributed by atoms with Crippen LogP contribution in [0.5, 0.6) is 0 Å². The van der Waals surface area contributed by atoms with Crippen LogP contribution in [0.4, 0.5) is 0 Å². The summed E-state index contributed by atoms with van der Waals surface area (Å²) in [6, 6.07) is 14.3. The number of rotatable bonds is 4. The lowest BCUT2D eigenvalue weighted by Crippen LogP contribution is -2.37. The molecule has 0 spiro atoms. The van der Waals surface area contributed by atoms with Crippen LogP contribution in [-0.4, -0.2) is 22.8 Å². The fourth-order valence-corrected chi connectivity index (χ4v) is 2.03. The van der Waals surface area contributed by atoms with Crippen LogP contribution in [0.3, 0.4) is 0 Å². The molecule has 2 N–H and O–H groups in total. The molecule has 1 aromatic heterocycles. The summed E-state index contributed by atoms with van der Waals surface area (Å²) >= 11 is 0. The lowest BCUT2D eigenvalue weighted by molar-refractivity contribution is -0.133. The van der Waals surface area contributed by atoms with E-state index in [0.29, 0.717) is 0 Å². The monoisotopic (exact) mass is 269 g/mol. The van der Waals surface area contributed by atoms with Crippen molar-refractivity contribution in [3.05, 3.63) is 66.0 Å². The Morgan fingerprint density at radius 2 is 1.80 bits per heavy atom. The quantitative estimate of drug-likeness (QED) is 0.926. The van der Waals surface area contributed by atoms with Crippen LogP contribution >= 0.6 is 0 Å². The molecule has 1 aromatic carbocycles. The molecule has 4 heteroatoms. The van der Waals surface area contributed by atoms with Crippen LogP contribution in [0.25, 0.3) is 0 Å². The van der Waals surface area contributed by atoms with Crippen LogP contribution < -0.4 is 5.73 Å². The minimum Gasteiger partial charge on any atom is -0.336 e. The third-order valence-corrected chi connectivity index (χ3v) is 3.47. The van der Waals surface area contributed by atoms with Gasteiger partial charge in [-0.3, -0.25) is 9.78 Å². The Kier molecular flexibility index (Phi) is 4.48. The third-order valence-electron chi connectivity index (χ3n) is 3.47. The summed E-state index contributed by atoms with van der Waals surface area (Å²) in [5.41, 5.74) is 7.71. The first-order valence-electron chi connectivity index (χ1n) is 6.59. The summed E-state index contributed by atoms with van der Waals surface area (Å²) in [5.74, 6) is -0.116. The van der Waals surface area contributed by atoms with Crippen LogP contribution in [0, 0.1) is 0 Å². The van der Waals surface area contributed by atoms with Gasteiger partial charge in [0.2, 0.25) is 5.91 Å². The number of pyridine rings is 1. The molecule has 0 aliphatic rings. The van der Waals surface area contributed by atoms with Crippen molar-refractivity contribution in [2.75, 3.05) is 7.05 Å². The normalized spacial score (nSPS) is 13.6. The maximum Gasteiger partial charge on any atom is 0.244 e. The lowest BCUT2D eigenvalue weighted by Gasteiger charge is -2.27. The second-order valence-corrected chi connectivity index (χ2v) is 4.77. The first kappa shape index (κ1) is 14.2. The molecule has 4 nitrogen and oxygen atoms in total. The van der Waals surface area contributed by atoms with Crippen LogP contribution in [0.2, 0.25) is 0 Å². The lowest BCUT2D eigenvalue weighted by atomic mass is 10.1. The van der Waals surface area contributed by atoms with Gasteiger partial charge < -0.3 is 10.6 Å². The van der Waals surface area contributed by atoms with Crippen molar-refractivity contribution in [3.8, 4) is 0 Å². The number of benzene rings is 1. The summed E-state index contributed by atoms with van der Waals surface area (Å²) in [6.45, 7) is 1.94. The fourth-order valence-electron chi connectivity index (χ4n) is 2.03. The number of hydrogen-bond donors (Lipinski definition) is 1. The average molecular weight is 269 g/mol. The van der Waals surface area contributed by atoms with Gasteiger partial charge in [-0.1, -0.05) is 36.4 Å². The van der Waals surface area contributed by atoms with E-state index in [4.69, 9.17) is 5.73 Å². The van der Waals surface area contributed by atoms with E-state index >= 15 is 0 Å². The minimum atomic E-state index is -0.646. The number of nitrogens with zero attached hydrogens (tertiary/aromatic N) is 2. The van der Waals surface area contributed by atoms with Crippen LogP contribution in [0.15, 0.2) is 54.7 Å². The highest BCUT2D eigenvalue weighted by Gasteiger charge is 2.24. The highest BCUT2D eigenvalue weighted by Crippen LogP contribution is 2.20. The molecule has 0 unspecified atom stereocenters. The molecular weight excluding hydrogens is 250 g/mol. The molecule has 2 rings (SSSR count). The summed E-state index contributed by atoms with van der Waals surface area (Å²) < 4.78 is 0. The molecule has 2 aromatic rings. The van der Waals surface area contributed by atoms with Crippen molar-refractivity contribution >= 4 is 5.91 Å². The summed E-state index contributed by atoms with van der Waals surface area (Å²) in [7, 11) is 1.75. The fraction of sp³-hybridized carbons (Fsp3) is 0.250. The van der Waals surface area contributed by atoms with Gasteiger partial charge in [0.15, 0.2) is 0 Å². The smallest absolute Gasteiger partial charge is 0.244 e. The van der Waals surface area contributed by atoms with Gasteiger partial charge in [-0.25, -0.2) is 0 Å². The van der Waals surface area contributed by atoms with Gasteiger partial charge >= 0.3 is 0 Å². The third kappa shape index (κ3) is 3.03. The topological polar surface area (TPSA) is 59.2 Å². The van der Waals surface area contributed by atoms with E-state index in [1.54, 1.807) is 18.1 Å². The van der Waals surface area contributed by atoms with E-state index in [1.165, 1.54) is 0 Å². The second-order valence-electron chi connectivity index (χ2n) is 4.77. The zero-order valence-corrected chi connectivity index (χ0v) is 11.7. The highest BCUT2D eigenvalue weighted by molar-refractivity contribution is 5.83. The molecule has 104 valence electrons. The molecule has 20 heavy (non-hydrogen) atoms. The predicted molar refractivity (Wildman–Crippen MR) is 78.8 cm³/mol. The van der Waals surface area contributed by atoms with Gasteiger partial charge in [-0.2, -0.15) is 0 Å². The first-order valence-corrected chi connectivity index (χ1v) is 6.59. The Labute approximate surface area is 119 Å². The van der Waals surface area contributed by atoms with Gasteiger partial charge in [0.05, 0.1) is 11.7 Å². The van der Waals surface area contributed by atoms with E-state index in [0.717, 1.165) is 11.3 Å². The Hall–Kier alpha value is -2.20. The number of carbonyl (C=O) groups is 1. The van der Waals surface area contributed by atoms with Gasteiger partial charge in [-0.05, 0) is 24.6 Å². The molecule has 0 bridgehead atoms. The molecule has 0 aliphatic heterocycles. The number of aromatic nitrogens is 1. The van der Waals surface area contributed by atoms with Gasteiger partial charge in [-0.15, -0.1) is 0 Å². The van der Waals surface area contributed by atoms with Crippen molar-refractivity contribution in [2.24, 2.45) is 5.73 Å². The van der Waals surface area contributed by atoms with E-state index in [1.807, 2.05) is 55.5 Å². The standard InChI is InChI=1S/C16H19N3O/c1-12(14-10-6-7-11-18-14)19(2)16(20)15(17)13-8-4-3-5-9-13/h3-12,15H,17H2,1-2H3/t12-,15+/m1/s1. The van der Waals surface area contributed by atoms with E-state index in [2.05, 4.69) is 4.98 Å². The average Bonchev–Trinajstić information content (AvgIpc) is 2.53. The number of hydrogen-bond acceptors (Lipinski definition) is 3. The van der Waals surface area contributed by atoms with E-state index in [-0.39, 0.29) is 11.9 Å². The Morgan fingerprint density at radius 1 is 1.15 bits per heavy atom. The molecule has 0 radical (unpaired) electrons. The van der Waals surface area contributed by atoms with Crippen molar-refractivity contribution < 1.29 is 4.79 Å². The SMILES string of the molecule is C[C@H](c1ccccn1)N(C)C(=O)[C@@H](N)c1ccccc1. The largest absolute Gasteiger partial charge is 0.336 e. The van der Waals surface area contributed by atoms with E-state index < -0.39 is 6.04 Å². The van der Waals surface area contributed by atoms with E-state index in [9.17, 15) is 4.79 Å². The van der Waals surface area contributed by atoms with Crippen LogP contribution in [-0.2, 0) is 4.79 Å². The molecule has 0 saturated heterocycles. The summed E-state index contributed by atoms with van der Waals surface area (Å²) in [5, 5.41) is 0. The molecule has 1 heterocycles. The molecule has 0 saturated carbocycles. The predicted octanol–water partition coefficient (Wildman–Crippen LogP) is 2.30. The van der Waals surface area contributed by atoms with Crippen molar-refractivity contribution in [2.45, 2.75) is 19.0 Å². The van der Waals surface area contributed by atoms with Gasteiger partial charge in [0.25, 0.3) is 0 Å². The van der Waals surface area contributed by atoms with Crippen molar-refractivity contribution in [1.82, 2.24) is 9.88 Å². The minimum absolute atomic E-state index is 0.113. The second kappa shape index (κ2) is 6.30. The van der Waals surface area contributed by atoms with Gasteiger partial charge in [0.1, 0.15) is 6.04 Å². The zero-order valence-electron chi connectivity index (χ0n) is 11.7. The molecule has 0 aliphatic carbocycles. The maximum absolute atomic E-state index is 12.4. The Balaban J connectivity index is 2.13. The molecular formula is C16H19N3O. The number of nitrogens with two attached hydrogens (primary N) is 1. The Bertz CT molecular complexity index is 556. The molecule has 2 atom stereocenters. The first-order chi connectivity index (χ1) is 9.61. The number of carbonyl (C=O) groups excluding carboxylic acids is 1. The zero-order chi connectivity index (χ0) is 14.5. The summed E-state index contributed by atoms with van der Waals surface area (Å²) in [6.07, 6.45) is 1.72. The molecule has 0 fully saturated rings. The number of likely N-dealkylation sites (N-methyl/N-ethyl adjacent to an activating group) is 1. The molecule has 1 amide bonds. The highest BCUT2D eigenvalue weighted by atomic mass is 16.2. The van der Waals surface area contributed by atoms with Gasteiger partial charge in [0, 0.05) is 13.2 Å². The van der Waals surface area contributed by atoms with Crippen LogP contribution in [0.1, 0.15) is 30.3 Å². The van der Waals surface area contributed by atoms with Crippen molar-refractivity contribution in [3.63, 3.8) is 0 Å². The van der Waals surface area contributed by atoms with Crippen molar-refractivity contribution in [1.29, 1.82) is 0 Å².